The normalized spacial score (nSPS) is 10.9. The molecule has 0 heterocycles. The second-order valence-corrected chi connectivity index (χ2v) is 6.39. The highest BCUT2D eigenvalue weighted by molar-refractivity contribution is 6.35. The first-order valence-corrected chi connectivity index (χ1v) is 8.22. The molecule has 0 bridgehead atoms. The molecule has 5 heteroatoms. The van der Waals surface area contributed by atoms with Gasteiger partial charge in [0.25, 0.3) is 0 Å². The Balaban J connectivity index is 2.07. The summed E-state index contributed by atoms with van der Waals surface area (Å²) in [4.78, 5) is 0. The molecule has 0 atom stereocenters. The van der Waals surface area contributed by atoms with Crippen molar-refractivity contribution >= 4 is 23.2 Å². The Morgan fingerprint density at radius 1 is 1.04 bits per heavy atom. The van der Waals surface area contributed by atoms with E-state index in [1.165, 1.54) is 0 Å². The first-order valence-electron chi connectivity index (χ1n) is 7.46. The molecule has 0 aromatic heterocycles. The van der Waals surface area contributed by atoms with E-state index >= 15 is 0 Å². The second kappa shape index (κ2) is 8.44. The number of nitrogens with one attached hydrogen (secondary N) is 1. The predicted molar refractivity (Wildman–Crippen MR) is 95.8 cm³/mol. The number of hydrogen-bond acceptors (Lipinski definition) is 3. The van der Waals surface area contributed by atoms with Crippen LogP contribution in [-0.2, 0) is 13.2 Å². The lowest BCUT2D eigenvalue weighted by molar-refractivity contribution is 0.284. The van der Waals surface area contributed by atoms with Crippen LogP contribution in [0.4, 0.5) is 0 Å². The van der Waals surface area contributed by atoms with Gasteiger partial charge >= 0.3 is 0 Å². The van der Waals surface area contributed by atoms with Crippen LogP contribution in [0, 0.1) is 0 Å². The van der Waals surface area contributed by atoms with Gasteiger partial charge in [-0.3, -0.25) is 0 Å². The highest BCUT2D eigenvalue weighted by atomic mass is 35.5. The number of methoxy groups -OCH3 is 1. The summed E-state index contributed by atoms with van der Waals surface area (Å²) in [7, 11) is 1.64. The van der Waals surface area contributed by atoms with Crippen LogP contribution < -0.4 is 14.8 Å². The van der Waals surface area contributed by atoms with E-state index < -0.39 is 0 Å². The predicted octanol–water partition coefficient (Wildman–Crippen LogP) is 5.08. The van der Waals surface area contributed by atoms with Crippen molar-refractivity contribution in [2.75, 3.05) is 7.11 Å². The Bertz CT molecular complexity index is 659. The molecule has 0 radical (unpaired) electrons. The molecule has 3 nitrogen and oxygen atoms in total. The maximum atomic E-state index is 6.16. The first kappa shape index (κ1) is 17.9. The van der Waals surface area contributed by atoms with Gasteiger partial charge in [-0.2, -0.15) is 0 Å². The maximum absolute atomic E-state index is 6.16. The molecule has 0 saturated heterocycles. The number of rotatable bonds is 7. The molecule has 124 valence electrons. The van der Waals surface area contributed by atoms with Crippen LogP contribution in [0.15, 0.2) is 36.4 Å². The minimum absolute atomic E-state index is 0.357. The summed E-state index contributed by atoms with van der Waals surface area (Å²) < 4.78 is 11.3. The molecule has 1 N–H and O–H groups in total. The molecule has 0 amide bonds. The van der Waals surface area contributed by atoms with Gasteiger partial charge in [0, 0.05) is 28.2 Å². The topological polar surface area (TPSA) is 30.5 Å². The third-order valence-electron chi connectivity index (χ3n) is 3.34. The molecule has 0 spiro atoms. The van der Waals surface area contributed by atoms with Crippen molar-refractivity contribution in [3.63, 3.8) is 0 Å². The third-order valence-corrected chi connectivity index (χ3v) is 3.93. The summed E-state index contributed by atoms with van der Waals surface area (Å²) in [6.07, 6.45) is 0. The van der Waals surface area contributed by atoms with E-state index in [4.69, 9.17) is 32.7 Å². The van der Waals surface area contributed by atoms with Gasteiger partial charge in [0.1, 0.15) is 6.61 Å². The van der Waals surface area contributed by atoms with Crippen LogP contribution in [0.1, 0.15) is 25.0 Å². The zero-order chi connectivity index (χ0) is 16.8. The molecule has 23 heavy (non-hydrogen) atoms. The Hall–Kier alpha value is -1.42. The molecule has 0 aliphatic rings. The van der Waals surface area contributed by atoms with Crippen LogP contribution in [0.3, 0.4) is 0 Å². The molecule has 0 fully saturated rings. The first-order chi connectivity index (χ1) is 11.0. The number of ether oxygens (including phenoxy) is 2. The van der Waals surface area contributed by atoms with Crippen LogP contribution in [0.5, 0.6) is 11.5 Å². The van der Waals surface area contributed by atoms with E-state index in [0.29, 0.717) is 34.2 Å². The summed E-state index contributed by atoms with van der Waals surface area (Å²) in [5, 5.41) is 4.58. The average molecular weight is 354 g/mol. The van der Waals surface area contributed by atoms with Crippen molar-refractivity contribution in [2.24, 2.45) is 0 Å². The van der Waals surface area contributed by atoms with Gasteiger partial charge in [-0.1, -0.05) is 49.2 Å². The molecule has 2 rings (SSSR count). The Morgan fingerprint density at radius 2 is 1.83 bits per heavy atom. The van der Waals surface area contributed by atoms with Crippen molar-refractivity contribution in [2.45, 2.75) is 33.0 Å². The van der Waals surface area contributed by atoms with Crippen LogP contribution >= 0.6 is 23.2 Å². The lowest BCUT2D eigenvalue weighted by Crippen LogP contribution is -2.21. The molecule has 2 aromatic carbocycles. The van der Waals surface area contributed by atoms with Crippen molar-refractivity contribution in [1.29, 1.82) is 0 Å². The zero-order valence-electron chi connectivity index (χ0n) is 13.5. The fraction of sp³-hybridized carbons (Fsp3) is 0.333. The van der Waals surface area contributed by atoms with Gasteiger partial charge in [-0.25, -0.2) is 0 Å². The molecule has 0 aliphatic heterocycles. The lowest BCUT2D eigenvalue weighted by Gasteiger charge is -2.14. The fourth-order valence-corrected chi connectivity index (χ4v) is 2.52. The highest BCUT2D eigenvalue weighted by Crippen LogP contribution is 2.30. The van der Waals surface area contributed by atoms with Gasteiger partial charge in [-0.15, -0.1) is 0 Å². The van der Waals surface area contributed by atoms with Crippen LogP contribution in [0.25, 0.3) is 0 Å². The highest BCUT2D eigenvalue weighted by Gasteiger charge is 2.08. The molecule has 2 aromatic rings. The van der Waals surface area contributed by atoms with Crippen LogP contribution in [0.2, 0.25) is 10.0 Å². The van der Waals surface area contributed by atoms with E-state index in [9.17, 15) is 0 Å². The van der Waals surface area contributed by atoms with Gasteiger partial charge < -0.3 is 14.8 Å². The Labute approximate surface area is 147 Å². The quantitative estimate of drug-likeness (QED) is 0.752. The van der Waals surface area contributed by atoms with Crippen LogP contribution in [-0.4, -0.2) is 13.2 Å². The summed E-state index contributed by atoms with van der Waals surface area (Å²) in [6.45, 7) is 5.38. The maximum Gasteiger partial charge on any atom is 0.161 e. The molecule has 0 unspecified atom stereocenters. The molecular formula is C18H21Cl2NO2. The summed E-state index contributed by atoms with van der Waals surface area (Å²) in [5.74, 6) is 1.39. The van der Waals surface area contributed by atoms with E-state index in [1.54, 1.807) is 19.2 Å². The van der Waals surface area contributed by atoms with Crippen molar-refractivity contribution in [3.8, 4) is 11.5 Å². The van der Waals surface area contributed by atoms with Crippen molar-refractivity contribution in [1.82, 2.24) is 5.32 Å². The average Bonchev–Trinajstić information content (AvgIpc) is 2.52. The molecule has 0 aliphatic carbocycles. The lowest BCUT2D eigenvalue weighted by atomic mass is 10.2. The summed E-state index contributed by atoms with van der Waals surface area (Å²) in [5.41, 5.74) is 2.02. The number of hydrogen-bond donors (Lipinski definition) is 1. The van der Waals surface area contributed by atoms with Crippen molar-refractivity contribution in [3.05, 3.63) is 57.6 Å². The van der Waals surface area contributed by atoms with E-state index in [1.807, 2.05) is 24.3 Å². The number of benzene rings is 2. The third kappa shape index (κ3) is 5.31. The fourth-order valence-electron chi connectivity index (χ4n) is 2.06. The molecular weight excluding hydrogens is 333 g/mol. The van der Waals surface area contributed by atoms with E-state index in [-0.39, 0.29) is 0 Å². The summed E-state index contributed by atoms with van der Waals surface area (Å²) >= 11 is 12.1. The SMILES string of the molecule is COc1cc(CNC(C)C)ccc1OCc1ccc(Cl)cc1Cl. The molecule has 0 saturated carbocycles. The minimum atomic E-state index is 0.357. The van der Waals surface area contributed by atoms with E-state index in [0.717, 1.165) is 17.7 Å². The van der Waals surface area contributed by atoms with Gasteiger partial charge in [-0.05, 0) is 29.8 Å². The van der Waals surface area contributed by atoms with Gasteiger partial charge in [0.2, 0.25) is 0 Å². The minimum Gasteiger partial charge on any atom is -0.493 e. The number of halogens is 2. The van der Waals surface area contributed by atoms with Crippen molar-refractivity contribution < 1.29 is 9.47 Å². The zero-order valence-corrected chi connectivity index (χ0v) is 15.0. The Kier molecular flexibility index (Phi) is 6.58. The van der Waals surface area contributed by atoms with Gasteiger partial charge in [0.15, 0.2) is 11.5 Å². The second-order valence-electron chi connectivity index (χ2n) is 5.55. The summed E-state index contributed by atoms with van der Waals surface area (Å²) in [6, 6.07) is 11.7. The standard InChI is InChI=1S/C18H21Cl2NO2/c1-12(2)21-10-13-4-7-17(18(8-13)22-3)23-11-14-5-6-15(19)9-16(14)20/h4-9,12,21H,10-11H2,1-3H3. The largest absolute Gasteiger partial charge is 0.493 e. The van der Waals surface area contributed by atoms with E-state index in [2.05, 4.69) is 19.2 Å². The van der Waals surface area contributed by atoms with Gasteiger partial charge in [0.05, 0.1) is 7.11 Å². The Morgan fingerprint density at radius 3 is 2.48 bits per heavy atom. The monoisotopic (exact) mass is 353 g/mol. The smallest absolute Gasteiger partial charge is 0.161 e.